The smallest absolute Gasteiger partial charge is 0.161 e. The minimum absolute atomic E-state index is 0.369. The van der Waals surface area contributed by atoms with Gasteiger partial charge in [-0.1, -0.05) is 11.6 Å². The minimum Gasteiger partial charge on any atom is -0.495 e. The first-order valence-corrected chi connectivity index (χ1v) is 9.35. The van der Waals surface area contributed by atoms with Crippen LogP contribution in [-0.4, -0.2) is 59.2 Å². The van der Waals surface area contributed by atoms with Gasteiger partial charge in [0.2, 0.25) is 0 Å². The molecule has 8 nitrogen and oxygen atoms in total. The molecule has 1 saturated heterocycles. The molecular formula is C19H21ClN6O2. The van der Waals surface area contributed by atoms with Gasteiger partial charge >= 0.3 is 0 Å². The summed E-state index contributed by atoms with van der Waals surface area (Å²) in [6.45, 7) is 2.94. The molecule has 2 N–H and O–H groups in total. The molecule has 4 rings (SSSR count). The van der Waals surface area contributed by atoms with Gasteiger partial charge in [0, 0.05) is 49.5 Å². The fourth-order valence-electron chi connectivity index (χ4n) is 3.61. The van der Waals surface area contributed by atoms with Crippen molar-refractivity contribution in [2.45, 2.75) is 6.17 Å². The van der Waals surface area contributed by atoms with Crippen molar-refractivity contribution in [2.75, 3.05) is 43.9 Å². The topological polar surface area (TPSA) is 89.5 Å². The summed E-state index contributed by atoms with van der Waals surface area (Å²) in [5, 5.41) is 5.84. The van der Waals surface area contributed by atoms with Crippen LogP contribution in [0.3, 0.4) is 0 Å². The maximum absolute atomic E-state index is 11.9. The van der Waals surface area contributed by atoms with Gasteiger partial charge in [-0.2, -0.15) is 5.10 Å². The molecular weight excluding hydrogens is 380 g/mol. The highest BCUT2D eigenvalue weighted by molar-refractivity contribution is 6.32. The molecule has 1 unspecified atom stereocenters. The van der Waals surface area contributed by atoms with Crippen molar-refractivity contribution in [3.05, 3.63) is 41.7 Å². The van der Waals surface area contributed by atoms with Crippen LogP contribution in [0.5, 0.6) is 5.75 Å². The van der Waals surface area contributed by atoms with Crippen LogP contribution in [0.25, 0.3) is 10.9 Å². The van der Waals surface area contributed by atoms with E-state index in [2.05, 4.69) is 19.9 Å². The number of carbonyl (C=O) groups excluding carboxylic acids is 1. The van der Waals surface area contributed by atoms with Gasteiger partial charge in [-0.3, -0.25) is 9.69 Å². The van der Waals surface area contributed by atoms with Crippen LogP contribution in [0.4, 0.5) is 11.5 Å². The van der Waals surface area contributed by atoms with Crippen LogP contribution >= 0.6 is 11.6 Å². The van der Waals surface area contributed by atoms with Gasteiger partial charge in [-0.25, -0.2) is 9.67 Å². The molecule has 9 heteroatoms. The summed E-state index contributed by atoms with van der Waals surface area (Å²) in [5.74, 6) is 1.02. The zero-order chi connectivity index (χ0) is 19.7. The number of hydrogen-bond acceptors (Lipinski definition) is 7. The molecule has 0 radical (unpaired) electrons. The molecule has 3 aromatic rings. The number of aldehydes is 1. The molecule has 2 aromatic heterocycles. The van der Waals surface area contributed by atoms with Gasteiger partial charge in [-0.15, -0.1) is 0 Å². The quantitative estimate of drug-likeness (QED) is 0.656. The third-order valence-corrected chi connectivity index (χ3v) is 5.41. The summed E-state index contributed by atoms with van der Waals surface area (Å²) in [4.78, 5) is 20.4. The second-order valence-electron chi connectivity index (χ2n) is 6.61. The summed E-state index contributed by atoms with van der Waals surface area (Å²) in [6.07, 6.45) is 3.73. The highest BCUT2D eigenvalue weighted by atomic mass is 35.5. The number of nitrogens with two attached hydrogens (primary N) is 1. The predicted molar refractivity (Wildman–Crippen MR) is 109 cm³/mol. The number of nitrogen functional groups attached to an aromatic ring is 1. The van der Waals surface area contributed by atoms with Crippen LogP contribution in [0, 0.1) is 0 Å². The van der Waals surface area contributed by atoms with E-state index in [-0.39, 0.29) is 0 Å². The molecule has 0 bridgehead atoms. The minimum atomic E-state index is -0.522. The lowest BCUT2D eigenvalue weighted by molar-refractivity contribution is -0.115. The van der Waals surface area contributed by atoms with Crippen molar-refractivity contribution in [3.8, 4) is 5.75 Å². The van der Waals surface area contributed by atoms with Crippen LogP contribution in [0.1, 0.15) is 6.17 Å². The number of benzene rings is 1. The summed E-state index contributed by atoms with van der Waals surface area (Å²) in [6, 6.07) is 7.58. The van der Waals surface area contributed by atoms with Gasteiger partial charge < -0.3 is 15.4 Å². The summed E-state index contributed by atoms with van der Waals surface area (Å²) in [7, 11) is 1.60. The Hall–Kier alpha value is -2.84. The zero-order valence-corrected chi connectivity index (χ0v) is 16.2. The average molecular weight is 401 g/mol. The van der Waals surface area contributed by atoms with E-state index in [9.17, 15) is 4.79 Å². The first-order valence-electron chi connectivity index (χ1n) is 8.98. The number of fused-ring (bicyclic) bond motifs is 1. The SMILES string of the molecule is COc1cc(N2CCN(C(C=O)n3ncc4ccnc(N)c43)CC2)ccc1Cl. The Morgan fingerprint density at radius 2 is 2.04 bits per heavy atom. The second kappa shape index (κ2) is 7.65. The first-order chi connectivity index (χ1) is 13.6. The lowest BCUT2D eigenvalue weighted by Gasteiger charge is -2.38. The largest absolute Gasteiger partial charge is 0.495 e. The molecule has 0 amide bonds. The molecule has 1 aliphatic rings. The van der Waals surface area contributed by atoms with E-state index in [1.54, 1.807) is 24.2 Å². The second-order valence-corrected chi connectivity index (χ2v) is 7.02. The van der Waals surface area contributed by atoms with Crippen LogP contribution in [0.15, 0.2) is 36.7 Å². The maximum atomic E-state index is 11.9. The lowest BCUT2D eigenvalue weighted by Crippen LogP contribution is -2.49. The fraction of sp³-hybridized carbons (Fsp3) is 0.316. The van der Waals surface area contributed by atoms with Crippen LogP contribution in [-0.2, 0) is 4.79 Å². The van der Waals surface area contributed by atoms with E-state index in [0.29, 0.717) is 35.2 Å². The number of anilines is 2. The number of carbonyl (C=O) groups is 1. The molecule has 146 valence electrons. The van der Waals surface area contributed by atoms with Gasteiger partial charge in [0.15, 0.2) is 12.5 Å². The number of pyridine rings is 1. The van der Waals surface area contributed by atoms with E-state index in [1.165, 1.54) is 0 Å². The molecule has 1 aromatic carbocycles. The summed E-state index contributed by atoms with van der Waals surface area (Å²) in [5.41, 5.74) is 7.75. The monoisotopic (exact) mass is 400 g/mol. The number of ether oxygens (including phenoxy) is 1. The van der Waals surface area contributed by atoms with E-state index < -0.39 is 6.17 Å². The fourth-order valence-corrected chi connectivity index (χ4v) is 3.81. The van der Waals surface area contributed by atoms with E-state index >= 15 is 0 Å². The number of piperazine rings is 1. The van der Waals surface area contributed by atoms with Crippen molar-refractivity contribution in [1.29, 1.82) is 0 Å². The molecule has 28 heavy (non-hydrogen) atoms. The standard InChI is InChI=1S/C19H21ClN6O2/c1-28-16-10-14(2-3-15(16)20)24-6-8-25(9-7-24)17(12-27)26-18-13(11-23-26)4-5-22-19(18)21/h2-5,10-12,17H,6-9H2,1H3,(H2,21,22). The van der Waals surface area contributed by atoms with Gasteiger partial charge in [-0.05, 0) is 18.2 Å². The number of halogens is 1. The summed E-state index contributed by atoms with van der Waals surface area (Å²) < 4.78 is 6.97. The lowest BCUT2D eigenvalue weighted by atomic mass is 10.2. The Labute approximate surface area is 167 Å². The number of nitrogens with zero attached hydrogens (tertiary/aromatic N) is 5. The van der Waals surface area contributed by atoms with Crippen LogP contribution in [0.2, 0.25) is 5.02 Å². The maximum Gasteiger partial charge on any atom is 0.161 e. The van der Waals surface area contributed by atoms with Crippen molar-refractivity contribution < 1.29 is 9.53 Å². The number of aromatic nitrogens is 3. The van der Waals surface area contributed by atoms with Gasteiger partial charge in [0.1, 0.15) is 17.1 Å². The molecule has 1 aliphatic heterocycles. The number of hydrogen-bond donors (Lipinski definition) is 1. The van der Waals surface area contributed by atoms with Crippen LogP contribution < -0.4 is 15.4 Å². The predicted octanol–water partition coefficient (Wildman–Crippen LogP) is 2.20. The summed E-state index contributed by atoms with van der Waals surface area (Å²) >= 11 is 6.12. The molecule has 3 heterocycles. The van der Waals surface area contributed by atoms with Crippen molar-refractivity contribution >= 4 is 40.3 Å². The Kier molecular flexibility index (Phi) is 5.06. The molecule has 1 atom stereocenters. The number of rotatable bonds is 5. The van der Waals surface area contributed by atoms with Gasteiger partial charge in [0.25, 0.3) is 0 Å². The normalized spacial score (nSPS) is 16.3. The van der Waals surface area contributed by atoms with Gasteiger partial charge in [0.05, 0.1) is 18.3 Å². The molecule has 0 saturated carbocycles. The molecule has 1 fully saturated rings. The third kappa shape index (κ3) is 3.25. The van der Waals surface area contributed by atoms with E-state index in [4.69, 9.17) is 22.1 Å². The average Bonchev–Trinajstić information content (AvgIpc) is 3.15. The first kappa shape index (κ1) is 18.5. The third-order valence-electron chi connectivity index (χ3n) is 5.09. The molecule has 0 spiro atoms. The zero-order valence-electron chi connectivity index (χ0n) is 15.5. The van der Waals surface area contributed by atoms with Crippen molar-refractivity contribution in [2.24, 2.45) is 0 Å². The Balaban J connectivity index is 1.53. The Bertz CT molecular complexity index is 999. The van der Waals surface area contributed by atoms with E-state index in [0.717, 1.165) is 30.4 Å². The van der Waals surface area contributed by atoms with Crippen molar-refractivity contribution in [3.63, 3.8) is 0 Å². The Morgan fingerprint density at radius 1 is 1.25 bits per heavy atom. The van der Waals surface area contributed by atoms with E-state index in [1.807, 2.05) is 24.3 Å². The number of methoxy groups -OCH3 is 1. The highest BCUT2D eigenvalue weighted by Gasteiger charge is 2.27. The molecule has 0 aliphatic carbocycles. The Morgan fingerprint density at radius 3 is 2.75 bits per heavy atom. The highest BCUT2D eigenvalue weighted by Crippen LogP contribution is 2.30. The van der Waals surface area contributed by atoms with Crippen molar-refractivity contribution in [1.82, 2.24) is 19.7 Å².